The fourth-order valence-electron chi connectivity index (χ4n) is 5.20. The van der Waals surface area contributed by atoms with Gasteiger partial charge in [0.25, 0.3) is 0 Å². The van der Waals surface area contributed by atoms with Gasteiger partial charge in [0.2, 0.25) is 0 Å². The number of hydrogen-bond acceptors (Lipinski definition) is 3. The molecule has 4 nitrogen and oxygen atoms in total. The molecule has 0 saturated carbocycles. The highest BCUT2D eigenvalue weighted by Crippen LogP contribution is 2.48. The van der Waals surface area contributed by atoms with Gasteiger partial charge in [0.1, 0.15) is 0 Å². The third-order valence-electron chi connectivity index (χ3n) is 6.48. The molecule has 3 heterocycles. The van der Waals surface area contributed by atoms with E-state index in [0.29, 0.717) is 6.61 Å². The summed E-state index contributed by atoms with van der Waals surface area (Å²) in [4.78, 5) is 19.0. The van der Waals surface area contributed by atoms with Gasteiger partial charge in [-0.2, -0.15) is 0 Å². The second kappa shape index (κ2) is 7.11. The molecule has 0 amide bonds. The van der Waals surface area contributed by atoms with E-state index in [-0.39, 0.29) is 17.9 Å². The van der Waals surface area contributed by atoms with Crippen molar-refractivity contribution in [3.05, 3.63) is 82.7 Å². The molecule has 2 aliphatic rings. The van der Waals surface area contributed by atoms with Gasteiger partial charge in [-0.1, -0.05) is 48.5 Å². The average Bonchev–Trinajstić information content (AvgIpc) is 3.13. The Hall–Kier alpha value is -3.01. The van der Waals surface area contributed by atoms with Crippen LogP contribution in [0.15, 0.2) is 65.9 Å². The first-order valence-electron chi connectivity index (χ1n) is 10.5. The summed E-state index contributed by atoms with van der Waals surface area (Å²) in [6.45, 7) is 5.28. The number of ether oxygens (including phenoxy) is 1. The highest BCUT2D eigenvalue weighted by Gasteiger charge is 2.41. The van der Waals surface area contributed by atoms with Crippen molar-refractivity contribution in [2.45, 2.75) is 38.6 Å². The first-order valence-corrected chi connectivity index (χ1v) is 10.5. The van der Waals surface area contributed by atoms with E-state index in [0.717, 1.165) is 30.7 Å². The van der Waals surface area contributed by atoms with Crippen LogP contribution in [0.5, 0.6) is 0 Å². The molecule has 1 N–H and O–H groups in total. The monoisotopic (exact) mass is 386 g/mol. The number of para-hydroxylation sites is 1. The molecule has 1 aromatic heterocycles. The largest absolute Gasteiger partial charge is 0.463 e. The normalized spacial score (nSPS) is 21.1. The number of nitrogens with zero attached hydrogens (tertiary/aromatic N) is 1. The zero-order chi connectivity index (χ0) is 20.0. The molecule has 0 saturated heterocycles. The van der Waals surface area contributed by atoms with Gasteiger partial charge in [-0.15, -0.1) is 0 Å². The zero-order valence-electron chi connectivity index (χ0n) is 16.9. The van der Waals surface area contributed by atoms with Gasteiger partial charge in [0.05, 0.1) is 18.2 Å². The molecular formula is C25H26N2O2. The first-order chi connectivity index (χ1) is 14.2. The van der Waals surface area contributed by atoms with Gasteiger partial charge in [0, 0.05) is 34.8 Å². The lowest BCUT2D eigenvalue weighted by atomic mass is 9.78. The highest BCUT2D eigenvalue weighted by atomic mass is 16.5. The molecule has 0 bridgehead atoms. The summed E-state index contributed by atoms with van der Waals surface area (Å²) in [5, 5.41) is 1.33. The summed E-state index contributed by atoms with van der Waals surface area (Å²) in [5.74, 6) is -0.145. The summed E-state index contributed by atoms with van der Waals surface area (Å²) in [6, 6.07) is 19.2. The molecule has 4 heteroatoms. The molecule has 0 radical (unpaired) electrons. The lowest BCUT2D eigenvalue weighted by molar-refractivity contribution is -0.139. The Balaban J connectivity index is 1.65. The van der Waals surface area contributed by atoms with Crippen molar-refractivity contribution in [3.63, 3.8) is 0 Å². The molecule has 0 fully saturated rings. The molecule has 0 unspecified atom stereocenters. The number of H-pyrrole nitrogens is 1. The second-order valence-corrected chi connectivity index (χ2v) is 7.94. The van der Waals surface area contributed by atoms with Crippen LogP contribution < -0.4 is 0 Å². The summed E-state index contributed by atoms with van der Waals surface area (Å²) in [5.41, 5.74) is 6.99. The first kappa shape index (κ1) is 18.0. The van der Waals surface area contributed by atoms with E-state index in [1.165, 1.54) is 27.7 Å². The lowest BCUT2D eigenvalue weighted by Crippen LogP contribution is -2.40. The summed E-state index contributed by atoms with van der Waals surface area (Å²) >= 11 is 0. The molecule has 29 heavy (non-hydrogen) atoms. The SMILES string of the molecule is CCOC(=O)C1=C(C)N2CCc3c([nH]c4ccccc34)[C@H]2C[C@@H]1c1ccccc1. The van der Waals surface area contributed by atoms with Crippen LogP contribution in [0.1, 0.15) is 49.0 Å². The molecule has 5 rings (SSSR count). The third-order valence-corrected chi connectivity index (χ3v) is 6.48. The molecule has 2 atom stereocenters. The second-order valence-electron chi connectivity index (χ2n) is 7.94. The average molecular weight is 386 g/mol. The number of benzene rings is 2. The predicted molar refractivity (Wildman–Crippen MR) is 115 cm³/mol. The van der Waals surface area contributed by atoms with Crippen LogP contribution in [0, 0.1) is 0 Å². The molecule has 2 aromatic carbocycles. The number of carbonyl (C=O) groups is 1. The van der Waals surface area contributed by atoms with Crippen LogP contribution >= 0.6 is 0 Å². The number of rotatable bonds is 3. The van der Waals surface area contributed by atoms with E-state index < -0.39 is 0 Å². The van der Waals surface area contributed by atoms with E-state index in [2.05, 4.69) is 65.3 Å². The quantitative estimate of drug-likeness (QED) is 0.638. The topological polar surface area (TPSA) is 45.3 Å². The smallest absolute Gasteiger partial charge is 0.336 e. The van der Waals surface area contributed by atoms with Gasteiger partial charge in [0.15, 0.2) is 0 Å². The standard InChI is InChI=1S/C25H26N2O2/c1-3-29-25(28)23-16(2)27-14-13-19-18-11-7-8-12-21(18)26-24(19)22(27)15-20(23)17-9-5-4-6-10-17/h4-12,20,22,26H,3,13-15H2,1-2H3/t20-,22-/m1/s1. The Bertz CT molecular complexity index is 1100. The van der Waals surface area contributed by atoms with E-state index in [9.17, 15) is 4.79 Å². The summed E-state index contributed by atoms with van der Waals surface area (Å²) in [6.07, 6.45) is 1.86. The number of allylic oxidation sites excluding steroid dienone is 1. The molecule has 3 aromatic rings. The number of aromatic amines is 1. The number of nitrogens with one attached hydrogen (secondary N) is 1. The maximum Gasteiger partial charge on any atom is 0.336 e. The van der Waals surface area contributed by atoms with E-state index in [1.54, 1.807) is 0 Å². The number of hydrogen-bond donors (Lipinski definition) is 1. The van der Waals surface area contributed by atoms with Crippen LogP contribution in [0.4, 0.5) is 0 Å². The minimum Gasteiger partial charge on any atom is -0.463 e. The number of fused-ring (bicyclic) bond motifs is 5. The van der Waals surface area contributed by atoms with Crippen molar-refractivity contribution < 1.29 is 9.53 Å². The van der Waals surface area contributed by atoms with Crippen molar-refractivity contribution in [2.24, 2.45) is 0 Å². The maximum atomic E-state index is 12.9. The molecule has 2 aliphatic heterocycles. The van der Waals surface area contributed by atoms with Crippen LogP contribution in [-0.4, -0.2) is 29.0 Å². The van der Waals surface area contributed by atoms with Crippen molar-refractivity contribution >= 4 is 16.9 Å². The van der Waals surface area contributed by atoms with Gasteiger partial charge < -0.3 is 14.6 Å². The van der Waals surface area contributed by atoms with Crippen molar-refractivity contribution in [1.82, 2.24) is 9.88 Å². The van der Waals surface area contributed by atoms with Crippen molar-refractivity contribution in [1.29, 1.82) is 0 Å². The van der Waals surface area contributed by atoms with Crippen LogP contribution in [-0.2, 0) is 16.0 Å². The van der Waals surface area contributed by atoms with Crippen molar-refractivity contribution in [3.8, 4) is 0 Å². The Kier molecular flexibility index (Phi) is 4.42. The Morgan fingerprint density at radius 2 is 1.90 bits per heavy atom. The number of carbonyl (C=O) groups excluding carboxylic acids is 1. The van der Waals surface area contributed by atoms with E-state index in [1.807, 2.05) is 13.0 Å². The maximum absolute atomic E-state index is 12.9. The lowest BCUT2D eigenvalue weighted by Gasteiger charge is -2.45. The Labute approximate surface area is 171 Å². The van der Waals surface area contributed by atoms with Crippen LogP contribution in [0.2, 0.25) is 0 Å². The Morgan fingerprint density at radius 3 is 2.69 bits per heavy atom. The fraction of sp³-hybridized carbons (Fsp3) is 0.320. The van der Waals surface area contributed by atoms with E-state index >= 15 is 0 Å². The Morgan fingerprint density at radius 1 is 1.14 bits per heavy atom. The van der Waals surface area contributed by atoms with Gasteiger partial charge in [-0.05, 0) is 43.9 Å². The predicted octanol–water partition coefficient (Wildman–Crippen LogP) is 5.09. The van der Waals surface area contributed by atoms with Gasteiger partial charge in [-0.3, -0.25) is 0 Å². The van der Waals surface area contributed by atoms with Crippen LogP contribution in [0.3, 0.4) is 0 Å². The molecule has 148 valence electrons. The van der Waals surface area contributed by atoms with Gasteiger partial charge in [-0.25, -0.2) is 4.79 Å². The van der Waals surface area contributed by atoms with Crippen LogP contribution in [0.25, 0.3) is 10.9 Å². The molecule has 0 aliphatic carbocycles. The van der Waals surface area contributed by atoms with Crippen molar-refractivity contribution in [2.75, 3.05) is 13.2 Å². The third kappa shape index (κ3) is 2.86. The summed E-state index contributed by atoms with van der Waals surface area (Å²) in [7, 11) is 0. The van der Waals surface area contributed by atoms with E-state index in [4.69, 9.17) is 4.74 Å². The zero-order valence-corrected chi connectivity index (χ0v) is 16.9. The fourth-order valence-corrected chi connectivity index (χ4v) is 5.20. The minimum atomic E-state index is -0.181. The highest BCUT2D eigenvalue weighted by molar-refractivity contribution is 5.91. The van der Waals surface area contributed by atoms with Gasteiger partial charge >= 0.3 is 5.97 Å². The molecular weight excluding hydrogens is 360 g/mol. The molecule has 0 spiro atoms. The number of aromatic nitrogens is 1. The minimum absolute atomic E-state index is 0.0360. The number of esters is 1. The summed E-state index contributed by atoms with van der Waals surface area (Å²) < 4.78 is 5.47.